The van der Waals surface area contributed by atoms with Gasteiger partial charge in [-0.05, 0) is 25.5 Å². The molecule has 0 aromatic carbocycles. The number of aryl methyl sites for hydroxylation is 1. The van der Waals surface area contributed by atoms with E-state index < -0.39 is 0 Å². The Balaban J connectivity index is 1.86. The van der Waals surface area contributed by atoms with Crippen LogP contribution in [0.25, 0.3) is 27.2 Å². The molecule has 0 saturated heterocycles. The third-order valence-corrected chi connectivity index (χ3v) is 4.30. The Kier molecular flexibility index (Phi) is 2.64. The summed E-state index contributed by atoms with van der Waals surface area (Å²) < 4.78 is 7.06. The summed E-state index contributed by atoms with van der Waals surface area (Å²) in [5.74, 6) is 1.24. The molecule has 21 heavy (non-hydrogen) atoms. The molecule has 0 bridgehead atoms. The standard InChI is InChI=1S/C13H12N6OS/c1-3-8-7(2)10(15-14-8)12-18-19-11(9-5-4-6-20-9)16-17-13(19)21-12/h4-6H,3H2,1-2H3,(H,14,15). The summed E-state index contributed by atoms with van der Waals surface area (Å²) in [7, 11) is 0. The molecule has 0 spiro atoms. The summed E-state index contributed by atoms with van der Waals surface area (Å²) in [5, 5.41) is 21.1. The van der Waals surface area contributed by atoms with Crippen molar-refractivity contribution in [2.45, 2.75) is 20.3 Å². The van der Waals surface area contributed by atoms with Crippen LogP contribution in [0.1, 0.15) is 18.2 Å². The van der Waals surface area contributed by atoms with E-state index in [1.54, 1.807) is 10.8 Å². The first-order valence-corrected chi connectivity index (χ1v) is 7.40. The van der Waals surface area contributed by atoms with E-state index in [0.717, 1.165) is 33.3 Å². The zero-order chi connectivity index (χ0) is 14.4. The predicted molar refractivity (Wildman–Crippen MR) is 78.1 cm³/mol. The van der Waals surface area contributed by atoms with Crippen LogP contribution in [0.3, 0.4) is 0 Å². The van der Waals surface area contributed by atoms with Crippen molar-refractivity contribution >= 4 is 16.3 Å². The molecule has 106 valence electrons. The van der Waals surface area contributed by atoms with Crippen LogP contribution in [0.15, 0.2) is 22.8 Å². The van der Waals surface area contributed by atoms with E-state index in [1.165, 1.54) is 11.3 Å². The Morgan fingerprint density at radius 3 is 3.00 bits per heavy atom. The van der Waals surface area contributed by atoms with Crippen molar-refractivity contribution in [1.29, 1.82) is 0 Å². The normalized spacial score (nSPS) is 11.5. The molecule has 1 N–H and O–H groups in total. The topological polar surface area (TPSA) is 84.9 Å². The van der Waals surface area contributed by atoms with Gasteiger partial charge in [-0.1, -0.05) is 18.3 Å². The summed E-state index contributed by atoms with van der Waals surface area (Å²) in [6.07, 6.45) is 2.52. The van der Waals surface area contributed by atoms with E-state index in [9.17, 15) is 0 Å². The fraction of sp³-hybridized carbons (Fsp3) is 0.231. The third kappa shape index (κ3) is 1.79. The largest absolute Gasteiger partial charge is 0.461 e. The highest BCUT2D eigenvalue weighted by molar-refractivity contribution is 7.19. The van der Waals surface area contributed by atoms with Gasteiger partial charge in [-0.15, -0.1) is 10.2 Å². The molecule has 0 atom stereocenters. The maximum atomic E-state index is 5.37. The number of furan rings is 1. The first-order valence-electron chi connectivity index (χ1n) is 6.58. The zero-order valence-electron chi connectivity index (χ0n) is 11.5. The van der Waals surface area contributed by atoms with E-state index in [4.69, 9.17) is 4.42 Å². The van der Waals surface area contributed by atoms with Crippen molar-refractivity contribution in [3.05, 3.63) is 29.7 Å². The van der Waals surface area contributed by atoms with Crippen LogP contribution in [-0.4, -0.2) is 30.0 Å². The van der Waals surface area contributed by atoms with Crippen molar-refractivity contribution in [1.82, 2.24) is 30.0 Å². The molecule has 0 radical (unpaired) electrons. The van der Waals surface area contributed by atoms with Crippen molar-refractivity contribution < 1.29 is 4.42 Å². The molecule has 0 unspecified atom stereocenters. The van der Waals surface area contributed by atoms with Crippen LogP contribution in [0.4, 0.5) is 0 Å². The lowest BCUT2D eigenvalue weighted by Gasteiger charge is -1.93. The average molecular weight is 300 g/mol. The molecule has 4 rings (SSSR count). The van der Waals surface area contributed by atoms with Gasteiger partial charge in [0.15, 0.2) is 10.8 Å². The van der Waals surface area contributed by atoms with Crippen LogP contribution in [0.2, 0.25) is 0 Å². The number of hydrogen-bond acceptors (Lipinski definition) is 6. The van der Waals surface area contributed by atoms with Gasteiger partial charge in [0.05, 0.1) is 6.26 Å². The number of fused-ring (bicyclic) bond motifs is 1. The van der Waals surface area contributed by atoms with E-state index in [-0.39, 0.29) is 0 Å². The van der Waals surface area contributed by atoms with Crippen LogP contribution in [-0.2, 0) is 6.42 Å². The molecule has 0 saturated carbocycles. The molecule has 4 heterocycles. The molecule has 0 fully saturated rings. The average Bonchev–Trinajstić information content (AvgIpc) is 3.20. The zero-order valence-corrected chi connectivity index (χ0v) is 12.3. The van der Waals surface area contributed by atoms with Gasteiger partial charge in [-0.2, -0.15) is 14.7 Å². The summed E-state index contributed by atoms with van der Waals surface area (Å²) in [6.45, 7) is 4.14. The second-order valence-corrected chi connectivity index (χ2v) is 5.59. The summed E-state index contributed by atoms with van der Waals surface area (Å²) in [5.41, 5.74) is 3.12. The monoisotopic (exact) mass is 300 g/mol. The van der Waals surface area contributed by atoms with Crippen molar-refractivity contribution in [3.8, 4) is 22.3 Å². The second kappa shape index (κ2) is 4.52. The minimum absolute atomic E-state index is 0.599. The summed E-state index contributed by atoms with van der Waals surface area (Å²) >= 11 is 1.46. The van der Waals surface area contributed by atoms with E-state index in [2.05, 4.69) is 32.4 Å². The lowest BCUT2D eigenvalue weighted by molar-refractivity contribution is 0.575. The third-order valence-electron chi connectivity index (χ3n) is 3.40. The maximum Gasteiger partial charge on any atom is 0.235 e. The number of aromatic nitrogens is 6. The Morgan fingerprint density at radius 1 is 1.38 bits per heavy atom. The van der Waals surface area contributed by atoms with Crippen LogP contribution >= 0.6 is 11.3 Å². The number of rotatable bonds is 3. The smallest absolute Gasteiger partial charge is 0.235 e. The van der Waals surface area contributed by atoms with Crippen LogP contribution in [0.5, 0.6) is 0 Å². The van der Waals surface area contributed by atoms with Gasteiger partial charge >= 0.3 is 0 Å². The van der Waals surface area contributed by atoms with Crippen molar-refractivity contribution in [2.24, 2.45) is 0 Å². The van der Waals surface area contributed by atoms with Crippen LogP contribution in [0, 0.1) is 6.92 Å². The second-order valence-electron chi connectivity index (χ2n) is 4.63. The molecule has 0 aliphatic rings. The number of nitrogens with one attached hydrogen (secondary N) is 1. The number of hydrogen-bond donors (Lipinski definition) is 1. The summed E-state index contributed by atoms with van der Waals surface area (Å²) in [4.78, 5) is 0.719. The lowest BCUT2D eigenvalue weighted by Crippen LogP contribution is -1.90. The van der Waals surface area contributed by atoms with E-state index >= 15 is 0 Å². The van der Waals surface area contributed by atoms with Gasteiger partial charge < -0.3 is 4.42 Å². The molecule has 0 amide bonds. The fourth-order valence-corrected chi connectivity index (χ4v) is 3.14. The molecule has 8 heteroatoms. The number of H-pyrrole nitrogens is 1. The Hall–Kier alpha value is -2.48. The maximum absolute atomic E-state index is 5.37. The van der Waals surface area contributed by atoms with Crippen molar-refractivity contribution in [2.75, 3.05) is 0 Å². The van der Waals surface area contributed by atoms with Gasteiger partial charge in [-0.25, -0.2) is 0 Å². The molecule has 7 nitrogen and oxygen atoms in total. The first kappa shape index (κ1) is 12.3. The molecular formula is C13H12N6OS. The number of nitrogens with zero attached hydrogens (tertiary/aromatic N) is 5. The fourth-order valence-electron chi connectivity index (χ4n) is 2.26. The first-order chi connectivity index (χ1) is 10.3. The highest BCUT2D eigenvalue weighted by Crippen LogP contribution is 2.29. The minimum Gasteiger partial charge on any atom is -0.461 e. The predicted octanol–water partition coefficient (Wildman–Crippen LogP) is 2.71. The Labute approximate surface area is 123 Å². The van der Waals surface area contributed by atoms with Gasteiger partial charge in [0.25, 0.3) is 0 Å². The van der Waals surface area contributed by atoms with Crippen molar-refractivity contribution in [3.63, 3.8) is 0 Å². The lowest BCUT2D eigenvalue weighted by atomic mass is 10.2. The van der Waals surface area contributed by atoms with Gasteiger partial charge in [0.2, 0.25) is 10.8 Å². The Bertz CT molecular complexity index is 901. The molecule has 4 aromatic rings. The quantitative estimate of drug-likeness (QED) is 0.629. The van der Waals surface area contributed by atoms with Crippen LogP contribution < -0.4 is 0 Å². The molecule has 0 aliphatic carbocycles. The van der Waals surface area contributed by atoms with Gasteiger partial charge in [0.1, 0.15) is 5.69 Å². The molecule has 4 aromatic heterocycles. The van der Waals surface area contributed by atoms with Gasteiger partial charge in [0, 0.05) is 11.3 Å². The molecule has 0 aliphatic heterocycles. The van der Waals surface area contributed by atoms with E-state index in [0.29, 0.717) is 11.6 Å². The number of aromatic amines is 1. The SMILES string of the molecule is CCc1[nH]nc(-c2nn3c(-c4ccco4)nnc3s2)c1C. The van der Waals surface area contributed by atoms with Gasteiger partial charge in [-0.3, -0.25) is 5.10 Å². The Morgan fingerprint density at radius 2 is 2.29 bits per heavy atom. The molecular weight excluding hydrogens is 288 g/mol. The van der Waals surface area contributed by atoms with E-state index in [1.807, 2.05) is 19.1 Å². The highest BCUT2D eigenvalue weighted by atomic mass is 32.1. The minimum atomic E-state index is 0.599. The highest BCUT2D eigenvalue weighted by Gasteiger charge is 2.19. The summed E-state index contributed by atoms with van der Waals surface area (Å²) in [6, 6.07) is 3.65.